The summed E-state index contributed by atoms with van der Waals surface area (Å²) in [6.07, 6.45) is 2.75. The van der Waals surface area contributed by atoms with Crippen molar-refractivity contribution in [1.29, 1.82) is 10.8 Å². The Labute approximate surface area is 219 Å². The third-order valence-corrected chi connectivity index (χ3v) is 5.29. The van der Waals surface area contributed by atoms with E-state index in [0.29, 0.717) is 11.5 Å². The standard InChI is InChI=1S/C27H32N4O2.2ClH/c1-2-3-6-11-19-16-22(32-24(26(28)29)20-12-7-4-8-13-20)18-23(17-19)33-25(27(30)31)21-14-9-5-10-15-21;;/h4-5,7-10,12-18,24-25H,2-3,6,11H2,1H3,(H3,28,29)(H3,30,31);2*1H. The van der Waals surface area contributed by atoms with E-state index in [1.807, 2.05) is 72.8 Å². The lowest BCUT2D eigenvalue weighted by molar-refractivity contribution is 0.256. The Hall–Kier alpha value is -3.22. The normalized spacial score (nSPS) is 11.8. The van der Waals surface area contributed by atoms with Crippen LogP contribution in [0.4, 0.5) is 0 Å². The first kappa shape index (κ1) is 29.8. The first-order chi connectivity index (χ1) is 16.0. The second-order valence-electron chi connectivity index (χ2n) is 8.00. The minimum Gasteiger partial charge on any atom is -0.478 e. The average Bonchev–Trinajstić information content (AvgIpc) is 2.82. The Morgan fingerprint density at radius 3 is 1.51 bits per heavy atom. The molecule has 0 radical (unpaired) electrons. The molecule has 0 aliphatic heterocycles. The molecule has 3 rings (SSSR count). The summed E-state index contributed by atoms with van der Waals surface area (Å²) in [6, 6.07) is 24.6. The summed E-state index contributed by atoms with van der Waals surface area (Å²) >= 11 is 0. The number of amidine groups is 2. The van der Waals surface area contributed by atoms with Gasteiger partial charge in [0.05, 0.1) is 0 Å². The summed E-state index contributed by atoms with van der Waals surface area (Å²) in [6.45, 7) is 2.17. The number of benzene rings is 3. The Kier molecular flexibility index (Phi) is 12.7. The Morgan fingerprint density at radius 2 is 1.14 bits per heavy atom. The van der Waals surface area contributed by atoms with Crippen LogP contribution in [0.5, 0.6) is 11.5 Å². The fraction of sp³-hybridized carbons (Fsp3) is 0.259. The number of halogens is 2. The van der Waals surface area contributed by atoms with Crippen LogP contribution in [0.15, 0.2) is 78.9 Å². The molecule has 6 N–H and O–H groups in total. The van der Waals surface area contributed by atoms with Crippen LogP contribution in [0.2, 0.25) is 0 Å². The number of hydrogen-bond acceptors (Lipinski definition) is 4. The molecule has 6 nitrogen and oxygen atoms in total. The molecule has 3 aromatic rings. The molecular weight excluding hydrogens is 483 g/mol. The van der Waals surface area contributed by atoms with Crippen molar-refractivity contribution in [2.45, 2.75) is 44.8 Å². The lowest BCUT2D eigenvalue weighted by Crippen LogP contribution is -2.26. The van der Waals surface area contributed by atoms with Crippen molar-refractivity contribution in [1.82, 2.24) is 0 Å². The molecule has 188 valence electrons. The highest BCUT2D eigenvalue weighted by molar-refractivity contribution is 5.86. The molecule has 0 fully saturated rings. The number of hydrogen-bond donors (Lipinski definition) is 4. The molecule has 2 atom stereocenters. The van der Waals surface area contributed by atoms with Gasteiger partial charge in [0.25, 0.3) is 0 Å². The molecule has 0 saturated carbocycles. The molecule has 0 bridgehead atoms. The van der Waals surface area contributed by atoms with Crippen LogP contribution < -0.4 is 20.9 Å². The van der Waals surface area contributed by atoms with E-state index in [1.165, 1.54) is 0 Å². The van der Waals surface area contributed by atoms with Crippen LogP contribution in [-0.2, 0) is 6.42 Å². The SMILES string of the molecule is CCCCCc1cc(OC(C(=N)N)c2ccccc2)cc(OC(C(=N)N)c2ccccc2)c1.Cl.Cl. The number of nitrogens with two attached hydrogens (primary N) is 2. The van der Waals surface area contributed by atoms with E-state index >= 15 is 0 Å². The minimum absolute atomic E-state index is 0. The van der Waals surface area contributed by atoms with Crippen molar-refractivity contribution in [3.05, 3.63) is 95.6 Å². The third-order valence-electron chi connectivity index (χ3n) is 5.29. The number of nitrogens with one attached hydrogen (secondary N) is 2. The zero-order valence-electron chi connectivity index (χ0n) is 19.8. The molecular formula is C27H34Cl2N4O2. The van der Waals surface area contributed by atoms with Gasteiger partial charge in [-0.2, -0.15) is 0 Å². The van der Waals surface area contributed by atoms with E-state index in [9.17, 15) is 0 Å². The van der Waals surface area contributed by atoms with E-state index < -0.39 is 12.2 Å². The van der Waals surface area contributed by atoms with Gasteiger partial charge in [-0.05, 0) is 41.7 Å². The van der Waals surface area contributed by atoms with Crippen molar-refractivity contribution in [2.24, 2.45) is 11.5 Å². The molecule has 0 heterocycles. The predicted octanol–water partition coefficient (Wildman–Crippen LogP) is 6.38. The maximum absolute atomic E-state index is 8.04. The van der Waals surface area contributed by atoms with Gasteiger partial charge in [0.1, 0.15) is 23.2 Å². The van der Waals surface area contributed by atoms with Gasteiger partial charge in [-0.15, -0.1) is 24.8 Å². The fourth-order valence-electron chi connectivity index (χ4n) is 3.64. The molecule has 0 spiro atoms. The lowest BCUT2D eigenvalue weighted by atomic mass is 10.1. The number of aryl methyl sites for hydroxylation is 1. The zero-order chi connectivity index (χ0) is 23.6. The van der Waals surface area contributed by atoms with Crippen LogP contribution in [-0.4, -0.2) is 11.7 Å². The van der Waals surface area contributed by atoms with Gasteiger partial charge in [-0.3, -0.25) is 10.8 Å². The third kappa shape index (κ3) is 8.81. The van der Waals surface area contributed by atoms with Crippen molar-refractivity contribution in [3.63, 3.8) is 0 Å². The highest BCUT2D eigenvalue weighted by Gasteiger charge is 2.20. The van der Waals surface area contributed by atoms with Crippen molar-refractivity contribution < 1.29 is 9.47 Å². The summed E-state index contributed by atoms with van der Waals surface area (Å²) in [5.41, 5.74) is 14.4. The van der Waals surface area contributed by atoms with Crippen LogP contribution >= 0.6 is 24.8 Å². The first-order valence-electron chi connectivity index (χ1n) is 11.2. The van der Waals surface area contributed by atoms with E-state index in [4.69, 9.17) is 31.8 Å². The smallest absolute Gasteiger partial charge is 0.180 e. The highest BCUT2D eigenvalue weighted by Crippen LogP contribution is 2.31. The molecule has 8 heteroatoms. The second-order valence-corrected chi connectivity index (χ2v) is 8.00. The maximum Gasteiger partial charge on any atom is 0.180 e. The summed E-state index contributed by atoms with van der Waals surface area (Å²) in [5, 5.41) is 16.1. The van der Waals surface area contributed by atoms with Gasteiger partial charge < -0.3 is 20.9 Å². The molecule has 0 saturated heterocycles. The highest BCUT2D eigenvalue weighted by atomic mass is 35.5. The number of ether oxygens (including phenoxy) is 2. The molecule has 3 aromatic carbocycles. The summed E-state index contributed by atoms with van der Waals surface area (Å²) in [4.78, 5) is 0. The van der Waals surface area contributed by atoms with E-state index in [0.717, 1.165) is 42.4 Å². The summed E-state index contributed by atoms with van der Waals surface area (Å²) in [7, 11) is 0. The van der Waals surface area contributed by atoms with Crippen molar-refractivity contribution in [2.75, 3.05) is 0 Å². The van der Waals surface area contributed by atoms with Crippen LogP contribution in [0.25, 0.3) is 0 Å². The van der Waals surface area contributed by atoms with E-state index in [1.54, 1.807) is 6.07 Å². The van der Waals surface area contributed by atoms with E-state index in [-0.39, 0.29) is 36.5 Å². The Bertz CT molecular complexity index is 988. The molecule has 0 aromatic heterocycles. The monoisotopic (exact) mass is 516 g/mol. The Morgan fingerprint density at radius 1 is 0.714 bits per heavy atom. The van der Waals surface area contributed by atoms with Gasteiger partial charge in [-0.25, -0.2) is 0 Å². The Balaban J connectivity index is 0.00000306. The lowest BCUT2D eigenvalue weighted by Gasteiger charge is -2.22. The number of unbranched alkanes of at least 4 members (excludes halogenated alkanes) is 2. The van der Waals surface area contributed by atoms with E-state index in [2.05, 4.69) is 6.92 Å². The first-order valence-corrected chi connectivity index (χ1v) is 11.2. The van der Waals surface area contributed by atoms with Gasteiger partial charge in [0.15, 0.2) is 12.2 Å². The fourth-order valence-corrected chi connectivity index (χ4v) is 3.64. The predicted molar refractivity (Wildman–Crippen MR) is 148 cm³/mol. The number of rotatable bonds is 12. The molecule has 0 amide bonds. The summed E-state index contributed by atoms with van der Waals surface area (Å²) in [5.74, 6) is 0.953. The molecule has 35 heavy (non-hydrogen) atoms. The van der Waals surface area contributed by atoms with Crippen molar-refractivity contribution in [3.8, 4) is 11.5 Å². The minimum atomic E-state index is -0.706. The summed E-state index contributed by atoms with van der Waals surface area (Å²) < 4.78 is 12.4. The quantitative estimate of drug-likeness (QED) is 0.127. The molecule has 0 aliphatic carbocycles. The largest absolute Gasteiger partial charge is 0.478 e. The maximum atomic E-state index is 8.04. The average molecular weight is 518 g/mol. The van der Waals surface area contributed by atoms with Gasteiger partial charge in [0, 0.05) is 6.07 Å². The van der Waals surface area contributed by atoms with Crippen LogP contribution in [0, 0.1) is 10.8 Å². The van der Waals surface area contributed by atoms with Gasteiger partial charge in [-0.1, -0.05) is 80.4 Å². The second kappa shape index (κ2) is 14.9. The van der Waals surface area contributed by atoms with Crippen LogP contribution in [0.1, 0.15) is 55.1 Å². The van der Waals surface area contributed by atoms with Gasteiger partial charge in [0.2, 0.25) is 0 Å². The van der Waals surface area contributed by atoms with Gasteiger partial charge >= 0.3 is 0 Å². The molecule has 0 aliphatic rings. The van der Waals surface area contributed by atoms with Crippen LogP contribution in [0.3, 0.4) is 0 Å². The topological polar surface area (TPSA) is 118 Å². The van der Waals surface area contributed by atoms with Crippen molar-refractivity contribution >= 4 is 36.5 Å². The molecule has 2 unspecified atom stereocenters. The zero-order valence-corrected chi connectivity index (χ0v) is 21.4.